The van der Waals surface area contributed by atoms with Gasteiger partial charge in [0.05, 0.1) is 43.4 Å². The standard InChI is InChI=1S/C45H30N4O11S3/c50-45(51)29-3-1-25(2-4-29)41-33-17-19-35(46-33)42(26-5-11-30(12-6-26)61(52,53)54)37-21-23-39(48-37)44(28-9-15-32(16-10-28)63(58,59)60)40-24-22-38(49-40)43(36-20-18-34(41)47-36)27-7-13-31(14-8-27)62(55,56)57/h1-24,46,49H,(H,50,51)(H,52,53,54)(H,55,56,57)(H,58,59,60)/p-3. The lowest BCUT2D eigenvalue weighted by molar-refractivity contribution is -0.255. The highest BCUT2D eigenvalue weighted by atomic mass is 32.2. The van der Waals surface area contributed by atoms with Gasteiger partial charge in [0, 0.05) is 44.3 Å². The van der Waals surface area contributed by atoms with Crippen molar-refractivity contribution in [1.29, 1.82) is 0 Å². The first-order valence-corrected chi connectivity index (χ1v) is 22.9. The van der Waals surface area contributed by atoms with Crippen LogP contribution in [0.1, 0.15) is 33.1 Å². The van der Waals surface area contributed by atoms with Crippen molar-refractivity contribution in [1.82, 2.24) is 19.9 Å². The van der Waals surface area contributed by atoms with E-state index >= 15 is 0 Å². The van der Waals surface area contributed by atoms with Gasteiger partial charge in [-0.2, -0.15) is 8.42 Å². The van der Waals surface area contributed by atoms with Crippen molar-refractivity contribution in [2.45, 2.75) is 14.7 Å². The van der Waals surface area contributed by atoms with E-state index in [1.165, 1.54) is 84.9 Å². The third-order valence-electron chi connectivity index (χ3n) is 10.5. The summed E-state index contributed by atoms with van der Waals surface area (Å²) in [6.07, 6.45) is 6.96. The summed E-state index contributed by atoms with van der Waals surface area (Å²) < 4.78 is 105. The number of aromatic nitrogens is 4. The summed E-state index contributed by atoms with van der Waals surface area (Å²) in [6, 6.07) is 29.3. The SMILES string of the molecule is O=C([O-])c1ccc(-c2c3nc(c(-c4ccc(S(=O)(=O)[O-])cc4)c4ccc([nH]4)c(-c4ccc(S(=O)(=O)O)cc4)c4nc(c(-c5ccc(S(=O)(=O)[O-])cc5)c5ccc2[nH]5)C=C4)C=C3)cc1. The summed E-state index contributed by atoms with van der Waals surface area (Å²) in [6.45, 7) is 0. The number of carbonyl (C=O) groups excluding carboxylic acids is 1. The van der Waals surface area contributed by atoms with Crippen LogP contribution in [0.25, 0.3) is 90.9 Å². The molecule has 8 bridgehead atoms. The molecule has 9 rings (SSSR count). The predicted octanol–water partition coefficient (Wildman–Crippen LogP) is 6.74. The highest BCUT2D eigenvalue weighted by Crippen LogP contribution is 2.39. The Balaban J connectivity index is 1.43. The fourth-order valence-electron chi connectivity index (χ4n) is 7.56. The van der Waals surface area contributed by atoms with Crippen LogP contribution in [0, 0.1) is 0 Å². The van der Waals surface area contributed by atoms with Crippen LogP contribution < -0.4 is 5.11 Å². The molecule has 4 aromatic carbocycles. The van der Waals surface area contributed by atoms with E-state index in [4.69, 9.17) is 9.97 Å². The van der Waals surface area contributed by atoms with Crippen molar-refractivity contribution >= 4 is 82.7 Å². The smallest absolute Gasteiger partial charge is 0.294 e. The summed E-state index contributed by atoms with van der Waals surface area (Å²) in [7, 11) is -14.1. The lowest BCUT2D eigenvalue weighted by atomic mass is 10.0. The van der Waals surface area contributed by atoms with E-state index < -0.39 is 46.1 Å². The van der Waals surface area contributed by atoms with Gasteiger partial charge in [-0.15, -0.1) is 0 Å². The summed E-state index contributed by atoms with van der Waals surface area (Å²) in [5.41, 5.74) is 7.58. The molecule has 0 saturated heterocycles. The van der Waals surface area contributed by atoms with E-state index in [1.54, 1.807) is 60.7 Å². The molecule has 0 aliphatic carbocycles. The van der Waals surface area contributed by atoms with Crippen LogP contribution >= 0.6 is 0 Å². The third kappa shape index (κ3) is 7.89. The molecule has 0 spiro atoms. The molecule has 2 aliphatic rings. The van der Waals surface area contributed by atoms with Crippen LogP contribution in [0.3, 0.4) is 0 Å². The fourth-order valence-corrected chi connectivity index (χ4v) is 8.98. The third-order valence-corrected chi connectivity index (χ3v) is 13.0. The van der Waals surface area contributed by atoms with E-state index in [-0.39, 0.29) is 10.5 Å². The summed E-state index contributed by atoms with van der Waals surface area (Å²) in [5, 5.41) is 11.7. The van der Waals surface area contributed by atoms with Crippen LogP contribution in [-0.4, -0.2) is 64.8 Å². The Hall–Kier alpha value is -7.32. The molecule has 18 heteroatoms. The van der Waals surface area contributed by atoms with E-state index in [9.17, 15) is 48.8 Å². The predicted molar refractivity (Wildman–Crippen MR) is 231 cm³/mol. The van der Waals surface area contributed by atoms with Crippen LogP contribution in [0.5, 0.6) is 0 Å². The van der Waals surface area contributed by atoms with Gasteiger partial charge in [0.15, 0.2) is 0 Å². The van der Waals surface area contributed by atoms with E-state index in [1.807, 2.05) is 0 Å². The quantitative estimate of drug-likeness (QED) is 0.134. The first-order valence-electron chi connectivity index (χ1n) is 18.6. The minimum Gasteiger partial charge on any atom is -0.744 e. The van der Waals surface area contributed by atoms with Crippen molar-refractivity contribution in [2.75, 3.05) is 0 Å². The first-order chi connectivity index (χ1) is 29.9. The fraction of sp³-hybridized carbons (Fsp3) is 0. The second kappa shape index (κ2) is 15.2. The van der Waals surface area contributed by atoms with Gasteiger partial charge >= 0.3 is 0 Å². The number of hydrogen-bond donors (Lipinski definition) is 3. The molecule has 63 heavy (non-hydrogen) atoms. The largest absolute Gasteiger partial charge is 0.744 e. The molecule has 7 aromatic rings. The molecule has 0 amide bonds. The molecule has 15 nitrogen and oxygen atoms in total. The number of carbonyl (C=O) groups is 1. The van der Waals surface area contributed by atoms with Gasteiger partial charge in [0.25, 0.3) is 10.1 Å². The number of aromatic amines is 2. The van der Waals surface area contributed by atoms with Crippen molar-refractivity contribution in [3.8, 4) is 44.5 Å². The molecular weight excluding hydrogens is 869 g/mol. The monoisotopic (exact) mass is 895 g/mol. The minimum absolute atomic E-state index is 0.0552. The molecule has 3 aromatic heterocycles. The lowest BCUT2D eigenvalue weighted by Crippen LogP contribution is -2.21. The molecule has 0 atom stereocenters. The molecule has 3 N–H and O–H groups in total. The normalized spacial score (nSPS) is 12.7. The maximum atomic E-state index is 12.0. The maximum Gasteiger partial charge on any atom is 0.294 e. The number of aromatic carboxylic acids is 1. The zero-order valence-electron chi connectivity index (χ0n) is 32.0. The average Bonchev–Trinajstić information content (AvgIpc) is 4.09. The van der Waals surface area contributed by atoms with Gasteiger partial charge in [-0.1, -0.05) is 60.7 Å². The second-order valence-electron chi connectivity index (χ2n) is 14.3. The van der Waals surface area contributed by atoms with Gasteiger partial charge in [-0.3, -0.25) is 4.55 Å². The van der Waals surface area contributed by atoms with Gasteiger partial charge < -0.3 is 29.0 Å². The maximum absolute atomic E-state index is 12.0. The molecular formula is C45H27N4O11S3-3. The van der Waals surface area contributed by atoms with Gasteiger partial charge in [0.2, 0.25) is 0 Å². The molecule has 0 radical (unpaired) electrons. The molecule has 2 aliphatic heterocycles. The number of hydrogen-bond acceptors (Lipinski definition) is 12. The molecule has 314 valence electrons. The number of carboxylic acids is 1. The number of nitrogens with zero attached hydrogens (tertiary/aromatic N) is 2. The molecule has 0 unspecified atom stereocenters. The molecule has 0 fully saturated rings. The number of H-pyrrole nitrogens is 2. The molecule has 5 heterocycles. The van der Waals surface area contributed by atoms with E-state index in [0.717, 1.165) is 0 Å². The van der Waals surface area contributed by atoms with Crippen molar-refractivity contribution in [3.63, 3.8) is 0 Å². The van der Waals surface area contributed by atoms with Gasteiger partial charge in [-0.25, -0.2) is 26.8 Å². The van der Waals surface area contributed by atoms with Crippen LogP contribution in [0.15, 0.2) is 136 Å². The Morgan fingerprint density at radius 2 is 0.698 bits per heavy atom. The van der Waals surface area contributed by atoms with Crippen molar-refractivity contribution in [2.24, 2.45) is 0 Å². The number of fused-ring (bicyclic) bond motifs is 8. The van der Waals surface area contributed by atoms with Gasteiger partial charge in [0.1, 0.15) is 20.2 Å². The van der Waals surface area contributed by atoms with Gasteiger partial charge in [-0.05, 0) is 113 Å². The zero-order chi connectivity index (χ0) is 44.4. The van der Waals surface area contributed by atoms with Crippen LogP contribution in [0.2, 0.25) is 0 Å². The Labute approximate surface area is 358 Å². The zero-order valence-corrected chi connectivity index (χ0v) is 34.5. The molecule has 0 saturated carbocycles. The highest BCUT2D eigenvalue weighted by molar-refractivity contribution is 7.86. The van der Waals surface area contributed by atoms with E-state index in [2.05, 4.69) is 9.97 Å². The number of rotatable bonds is 8. The number of nitrogens with one attached hydrogen (secondary N) is 2. The van der Waals surface area contributed by atoms with Crippen LogP contribution in [0.4, 0.5) is 0 Å². The van der Waals surface area contributed by atoms with Crippen molar-refractivity contribution in [3.05, 3.63) is 150 Å². The summed E-state index contributed by atoms with van der Waals surface area (Å²) in [4.78, 5) is 27.5. The first kappa shape index (κ1) is 41.1. The second-order valence-corrected chi connectivity index (χ2v) is 18.5. The van der Waals surface area contributed by atoms with E-state index in [0.29, 0.717) is 89.4 Å². The number of benzene rings is 4. The lowest BCUT2D eigenvalue weighted by Gasteiger charge is -2.10. The Bertz CT molecular complexity index is 3560. The van der Waals surface area contributed by atoms with Crippen LogP contribution in [-0.2, 0) is 30.4 Å². The average molecular weight is 896 g/mol. The Morgan fingerprint density at radius 1 is 0.429 bits per heavy atom. The topological polar surface area (TPSA) is 266 Å². The summed E-state index contributed by atoms with van der Waals surface area (Å²) >= 11 is 0. The highest BCUT2D eigenvalue weighted by Gasteiger charge is 2.20. The number of carboxylic acid groups (broad SMARTS) is 1. The minimum atomic E-state index is -4.78. The van der Waals surface area contributed by atoms with Crippen molar-refractivity contribution < 1.29 is 48.8 Å². The Kier molecular flexibility index (Phi) is 9.93. The summed E-state index contributed by atoms with van der Waals surface area (Å²) in [5.74, 6) is -1.37. The Morgan fingerprint density at radius 3 is 0.952 bits per heavy atom.